The molecule has 4 rings (SSSR count). The van der Waals surface area contributed by atoms with Crippen molar-refractivity contribution >= 4 is 17.2 Å². The maximum atomic E-state index is 13.5. The van der Waals surface area contributed by atoms with Gasteiger partial charge in [0.15, 0.2) is 5.78 Å². The summed E-state index contributed by atoms with van der Waals surface area (Å²) in [5.41, 5.74) is 3.76. The zero-order valence-electron chi connectivity index (χ0n) is 17.9. The van der Waals surface area contributed by atoms with Gasteiger partial charge in [-0.15, -0.1) is 0 Å². The van der Waals surface area contributed by atoms with E-state index in [4.69, 9.17) is 0 Å². The first-order chi connectivity index (χ1) is 13.8. The van der Waals surface area contributed by atoms with Crippen molar-refractivity contribution in [2.45, 2.75) is 52.0 Å². The molecule has 2 aromatic carbocycles. The predicted molar refractivity (Wildman–Crippen MR) is 118 cm³/mol. The Kier molecular flexibility index (Phi) is 5.16. The number of ketones is 1. The van der Waals surface area contributed by atoms with Gasteiger partial charge in [-0.05, 0) is 84.7 Å². The van der Waals surface area contributed by atoms with Gasteiger partial charge in [-0.25, -0.2) is 0 Å². The van der Waals surface area contributed by atoms with Gasteiger partial charge in [-0.2, -0.15) is 0 Å². The lowest BCUT2D eigenvalue weighted by Gasteiger charge is -2.47. The highest BCUT2D eigenvalue weighted by Crippen LogP contribution is 2.44. The van der Waals surface area contributed by atoms with Crippen molar-refractivity contribution in [1.82, 2.24) is 4.90 Å². The van der Waals surface area contributed by atoms with Crippen LogP contribution in [-0.2, 0) is 5.41 Å². The van der Waals surface area contributed by atoms with Gasteiger partial charge in [-0.1, -0.05) is 27.7 Å². The molecule has 0 saturated heterocycles. The third-order valence-electron chi connectivity index (χ3n) is 7.00. The first-order valence-electron chi connectivity index (χ1n) is 10.8. The van der Waals surface area contributed by atoms with E-state index >= 15 is 0 Å². The smallest absolute Gasteiger partial charge is 0.180 e. The topological polar surface area (TPSA) is 52.6 Å². The second-order valence-corrected chi connectivity index (χ2v) is 9.28. The van der Waals surface area contributed by atoms with E-state index in [1.807, 2.05) is 24.3 Å². The van der Waals surface area contributed by atoms with Crippen molar-refractivity contribution in [3.05, 3.63) is 53.6 Å². The molecule has 0 amide bonds. The Morgan fingerprint density at radius 1 is 1.10 bits per heavy atom. The highest BCUT2D eigenvalue weighted by atomic mass is 16.3. The van der Waals surface area contributed by atoms with Gasteiger partial charge < -0.3 is 10.4 Å². The Bertz CT molecular complexity index is 900. The summed E-state index contributed by atoms with van der Waals surface area (Å²) in [6, 6.07) is 13.1. The highest BCUT2D eigenvalue weighted by Gasteiger charge is 2.47. The van der Waals surface area contributed by atoms with E-state index in [0.29, 0.717) is 0 Å². The van der Waals surface area contributed by atoms with E-state index in [9.17, 15) is 9.90 Å². The Hall–Kier alpha value is -2.33. The van der Waals surface area contributed by atoms with Crippen LogP contribution in [-0.4, -0.2) is 34.9 Å². The molecule has 1 saturated carbocycles. The van der Waals surface area contributed by atoms with Crippen molar-refractivity contribution in [2.75, 3.05) is 18.4 Å². The molecule has 4 heteroatoms. The summed E-state index contributed by atoms with van der Waals surface area (Å²) in [5.74, 6) is 1.53. The Balaban J connectivity index is 1.66. The van der Waals surface area contributed by atoms with Crippen LogP contribution in [0.4, 0.5) is 11.4 Å². The zero-order valence-corrected chi connectivity index (χ0v) is 17.9. The second kappa shape index (κ2) is 7.49. The van der Waals surface area contributed by atoms with Crippen LogP contribution in [0.2, 0.25) is 0 Å². The molecular formula is C25H32N2O2. The van der Waals surface area contributed by atoms with Crippen molar-refractivity contribution in [1.29, 1.82) is 0 Å². The summed E-state index contributed by atoms with van der Waals surface area (Å²) in [6.45, 7) is 10.9. The Labute approximate surface area is 173 Å². The number of carbonyl (C=O) groups is 1. The zero-order chi connectivity index (χ0) is 20.8. The largest absolute Gasteiger partial charge is 0.508 e. The molecule has 1 unspecified atom stereocenters. The van der Waals surface area contributed by atoms with Crippen LogP contribution in [0.5, 0.6) is 5.75 Å². The molecule has 2 aliphatic carbocycles. The van der Waals surface area contributed by atoms with Gasteiger partial charge in [-0.3, -0.25) is 9.69 Å². The van der Waals surface area contributed by atoms with Gasteiger partial charge in [0.25, 0.3) is 0 Å². The lowest BCUT2D eigenvalue weighted by Crippen LogP contribution is -2.55. The van der Waals surface area contributed by atoms with Gasteiger partial charge in [0, 0.05) is 23.5 Å². The summed E-state index contributed by atoms with van der Waals surface area (Å²) in [5, 5.41) is 12.9. The standard InChI is InChI=1S/C25H32N2O2/c1-5-27(15-17-6-7-17)23-16(2)25(3,4)22-14-19(10-13-21(22)24(23)29)26-18-8-11-20(28)12-9-18/h8-14,16-17,23,26,28H,5-7,15H2,1-4H3/t16-,23?/m0/s1. The van der Waals surface area contributed by atoms with Crippen LogP contribution in [0.25, 0.3) is 0 Å². The van der Waals surface area contributed by atoms with E-state index in [2.05, 4.69) is 44.0 Å². The Morgan fingerprint density at radius 2 is 1.76 bits per heavy atom. The number of benzene rings is 2. The van der Waals surface area contributed by atoms with Crippen LogP contribution in [0.15, 0.2) is 42.5 Å². The van der Waals surface area contributed by atoms with Crippen molar-refractivity contribution in [3.8, 4) is 5.75 Å². The molecule has 2 N–H and O–H groups in total. The number of likely N-dealkylation sites (N-methyl/N-ethyl adjacent to an activating group) is 1. The molecule has 0 heterocycles. The fraction of sp³-hybridized carbons (Fsp3) is 0.480. The molecule has 0 bridgehead atoms. The number of anilines is 2. The summed E-state index contributed by atoms with van der Waals surface area (Å²) < 4.78 is 0. The number of nitrogens with zero attached hydrogens (tertiary/aromatic N) is 1. The van der Waals surface area contributed by atoms with Crippen LogP contribution < -0.4 is 5.32 Å². The first-order valence-corrected chi connectivity index (χ1v) is 10.8. The summed E-state index contributed by atoms with van der Waals surface area (Å²) in [6.07, 6.45) is 2.61. The molecule has 2 atom stereocenters. The number of hydrogen-bond acceptors (Lipinski definition) is 4. The third kappa shape index (κ3) is 3.78. The summed E-state index contributed by atoms with van der Waals surface area (Å²) in [7, 11) is 0. The maximum Gasteiger partial charge on any atom is 0.180 e. The van der Waals surface area contributed by atoms with E-state index in [-0.39, 0.29) is 28.9 Å². The van der Waals surface area contributed by atoms with Crippen LogP contribution in [0.3, 0.4) is 0 Å². The van der Waals surface area contributed by atoms with Crippen LogP contribution in [0.1, 0.15) is 56.5 Å². The minimum Gasteiger partial charge on any atom is -0.508 e. The second-order valence-electron chi connectivity index (χ2n) is 9.28. The number of nitrogens with one attached hydrogen (secondary N) is 1. The van der Waals surface area contributed by atoms with E-state index in [1.54, 1.807) is 12.1 Å². The molecule has 29 heavy (non-hydrogen) atoms. The van der Waals surface area contributed by atoms with Gasteiger partial charge in [0.05, 0.1) is 6.04 Å². The van der Waals surface area contributed by atoms with Crippen molar-refractivity contribution in [2.24, 2.45) is 11.8 Å². The lowest BCUT2D eigenvalue weighted by atomic mass is 9.63. The molecule has 0 aliphatic heterocycles. The van der Waals surface area contributed by atoms with Crippen LogP contribution in [0, 0.1) is 11.8 Å². The third-order valence-corrected chi connectivity index (χ3v) is 7.00. The molecule has 154 valence electrons. The fourth-order valence-corrected chi connectivity index (χ4v) is 4.66. The minimum absolute atomic E-state index is 0.0426. The molecule has 4 nitrogen and oxygen atoms in total. The first kappa shape index (κ1) is 20.0. The lowest BCUT2D eigenvalue weighted by molar-refractivity contribution is 0.0595. The van der Waals surface area contributed by atoms with Gasteiger partial charge >= 0.3 is 0 Å². The number of carbonyl (C=O) groups excluding carboxylic acids is 1. The van der Waals surface area contributed by atoms with E-state index in [0.717, 1.165) is 41.5 Å². The maximum absolute atomic E-state index is 13.5. The normalized spacial score (nSPS) is 23.1. The van der Waals surface area contributed by atoms with E-state index < -0.39 is 0 Å². The average Bonchev–Trinajstić information content (AvgIpc) is 3.52. The van der Waals surface area contributed by atoms with Crippen LogP contribution >= 0.6 is 0 Å². The quantitative estimate of drug-likeness (QED) is 0.651. The number of aromatic hydroxyl groups is 1. The predicted octanol–water partition coefficient (Wildman–Crippen LogP) is 5.35. The number of fused-ring (bicyclic) bond motifs is 1. The monoisotopic (exact) mass is 392 g/mol. The number of phenolic OH excluding ortho intramolecular Hbond substituents is 1. The van der Waals surface area contributed by atoms with Gasteiger partial charge in [0.1, 0.15) is 5.75 Å². The molecule has 2 aromatic rings. The average molecular weight is 393 g/mol. The van der Waals surface area contributed by atoms with Crippen molar-refractivity contribution in [3.63, 3.8) is 0 Å². The fourth-order valence-electron chi connectivity index (χ4n) is 4.66. The molecule has 0 radical (unpaired) electrons. The molecule has 2 aliphatic rings. The van der Waals surface area contributed by atoms with E-state index in [1.165, 1.54) is 12.8 Å². The molecule has 0 spiro atoms. The SMILES string of the molecule is CCN(CC1CC1)C1C(=O)c2ccc(Nc3ccc(O)cc3)cc2C(C)(C)[C@H]1C. The highest BCUT2D eigenvalue weighted by molar-refractivity contribution is 6.03. The van der Waals surface area contributed by atoms with Gasteiger partial charge in [0.2, 0.25) is 0 Å². The Morgan fingerprint density at radius 3 is 2.38 bits per heavy atom. The number of rotatable bonds is 6. The molecule has 0 aromatic heterocycles. The summed E-state index contributed by atoms with van der Waals surface area (Å²) in [4.78, 5) is 15.9. The molecular weight excluding hydrogens is 360 g/mol. The minimum atomic E-state index is -0.0997. The molecule has 1 fully saturated rings. The van der Waals surface area contributed by atoms with Crippen molar-refractivity contribution < 1.29 is 9.90 Å². The number of phenols is 1. The summed E-state index contributed by atoms with van der Waals surface area (Å²) >= 11 is 0. The number of Topliss-reactive ketones (excluding diaryl/α,β-unsaturated/α-hetero) is 1. The number of hydrogen-bond donors (Lipinski definition) is 2.